The third kappa shape index (κ3) is 6.33. The van der Waals surface area contributed by atoms with Gasteiger partial charge in [-0.2, -0.15) is 0 Å². The van der Waals surface area contributed by atoms with Gasteiger partial charge in [0, 0.05) is 19.3 Å². The summed E-state index contributed by atoms with van der Waals surface area (Å²) >= 11 is 0. The van der Waals surface area contributed by atoms with E-state index in [4.69, 9.17) is 8.85 Å². The molecule has 0 heterocycles. The number of rotatable bonds is 14. The Labute approximate surface area is 141 Å². The maximum absolute atomic E-state index is 6.05. The van der Waals surface area contributed by atoms with Crippen molar-refractivity contribution in [2.24, 2.45) is 5.92 Å². The van der Waals surface area contributed by atoms with Crippen molar-refractivity contribution in [3.05, 3.63) is 0 Å². The van der Waals surface area contributed by atoms with Gasteiger partial charge in [-0.05, 0) is 12.0 Å². The van der Waals surface area contributed by atoms with E-state index in [9.17, 15) is 0 Å². The van der Waals surface area contributed by atoms with Crippen molar-refractivity contribution in [3.63, 3.8) is 0 Å². The van der Waals surface area contributed by atoms with E-state index in [-0.39, 0.29) is 5.04 Å². The molecule has 0 aromatic heterocycles. The van der Waals surface area contributed by atoms with Gasteiger partial charge in [-0.25, -0.2) is 0 Å². The van der Waals surface area contributed by atoms with Gasteiger partial charge in [0.1, 0.15) is 0 Å². The number of hydrogen-bond donors (Lipinski definition) is 0. The van der Waals surface area contributed by atoms with Crippen LogP contribution in [0.2, 0.25) is 11.1 Å². The van der Waals surface area contributed by atoms with Crippen LogP contribution < -0.4 is 0 Å². The third-order valence-electron chi connectivity index (χ3n) is 5.85. The van der Waals surface area contributed by atoms with Crippen LogP contribution in [-0.4, -0.2) is 22.8 Å². The average Bonchev–Trinajstić information content (AvgIpc) is 2.52. The monoisotopic (exact) mass is 330 g/mol. The molecule has 0 aliphatic heterocycles. The van der Waals surface area contributed by atoms with E-state index in [1.807, 2.05) is 14.2 Å². The largest absolute Gasteiger partial charge is 0.397 e. The molecular formula is C19H42O2Si. The maximum Gasteiger partial charge on any atom is 0.343 e. The van der Waals surface area contributed by atoms with Gasteiger partial charge in [0.05, 0.1) is 0 Å². The molecule has 0 aromatic rings. The first-order valence-corrected chi connectivity index (χ1v) is 11.5. The van der Waals surface area contributed by atoms with Crippen molar-refractivity contribution in [1.82, 2.24) is 0 Å². The van der Waals surface area contributed by atoms with E-state index in [1.165, 1.54) is 57.8 Å². The molecule has 0 N–H and O–H groups in total. The zero-order chi connectivity index (χ0) is 17.1. The van der Waals surface area contributed by atoms with Gasteiger partial charge < -0.3 is 8.85 Å². The summed E-state index contributed by atoms with van der Waals surface area (Å²) in [6.07, 6.45) is 12.1. The van der Waals surface area contributed by atoms with Crippen molar-refractivity contribution in [2.75, 3.05) is 14.2 Å². The highest BCUT2D eigenvalue weighted by Gasteiger charge is 2.52. The van der Waals surface area contributed by atoms with Crippen LogP contribution in [0.3, 0.4) is 0 Å². The minimum absolute atomic E-state index is 0.159. The SMILES string of the molecule is CCCCCCCCCC[Si](OC)(OC)C(C)(C)C(C)CC. The summed E-state index contributed by atoms with van der Waals surface area (Å²) in [4.78, 5) is 0. The van der Waals surface area contributed by atoms with Gasteiger partial charge in [-0.3, -0.25) is 0 Å². The summed E-state index contributed by atoms with van der Waals surface area (Å²) in [5.74, 6) is 0.633. The molecule has 0 aliphatic carbocycles. The molecule has 0 rings (SSSR count). The Hall–Kier alpha value is 0.137. The van der Waals surface area contributed by atoms with Crippen LogP contribution in [0.5, 0.6) is 0 Å². The standard InChI is InChI=1S/C19H42O2Si/c1-8-10-11-12-13-14-15-16-17-22(20-6,21-7)19(4,5)18(3)9-2/h18H,8-17H2,1-7H3. The second-order valence-corrected chi connectivity index (χ2v) is 11.5. The lowest BCUT2D eigenvalue weighted by Crippen LogP contribution is -2.52. The molecule has 1 atom stereocenters. The van der Waals surface area contributed by atoms with Crippen LogP contribution in [-0.2, 0) is 8.85 Å². The third-order valence-corrected chi connectivity index (χ3v) is 10.6. The fourth-order valence-corrected chi connectivity index (χ4v) is 7.45. The normalized spacial score (nSPS) is 14.3. The Balaban J connectivity index is 4.30. The highest BCUT2D eigenvalue weighted by molar-refractivity contribution is 6.70. The quantitative estimate of drug-likeness (QED) is 0.261. The zero-order valence-corrected chi connectivity index (χ0v) is 17.5. The lowest BCUT2D eigenvalue weighted by atomic mass is 9.94. The summed E-state index contributed by atoms with van der Waals surface area (Å²) in [6.45, 7) is 11.6. The van der Waals surface area contributed by atoms with Crippen LogP contribution in [0, 0.1) is 5.92 Å². The smallest absolute Gasteiger partial charge is 0.343 e. The predicted molar refractivity (Wildman–Crippen MR) is 101 cm³/mol. The van der Waals surface area contributed by atoms with E-state index >= 15 is 0 Å². The van der Waals surface area contributed by atoms with E-state index in [0.29, 0.717) is 5.92 Å². The molecule has 2 nitrogen and oxygen atoms in total. The Morgan fingerprint density at radius 3 is 1.68 bits per heavy atom. The van der Waals surface area contributed by atoms with Gasteiger partial charge in [0.25, 0.3) is 0 Å². The summed E-state index contributed by atoms with van der Waals surface area (Å²) in [5.41, 5.74) is 0. The fraction of sp³-hybridized carbons (Fsp3) is 1.00. The Bertz CT molecular complexity index is 262. The molecule has 22 heavy (non-hydrogen) atoms. The highest BCUT2D eigenvalue weighted by Crippen LogP contribution is 2.48. The Morgan fingerprint density at radius 2 is 1.27 bits per heavy atom. The lowest BCUT2D eigenvalue weighted by Gasteiger charge is -2.45. The molecule has 0 saturated carbocycles. The summed E-state index contributed by atoms with van der Waals surface area (Å²) in [7, 11) is 1.60. The molecule has 0 bridgehead atoms. The second kappa shape index (κ2) is 11.6. The van der Waals surface area contributed by atoms with Gasteiger partial charge >= 0.3 is 8.56 Å². The lowest BCUT2D eigenvalue weighted by molar-refractivity contribution is 0.185. The number of unbranched alkanes of at least 4 members (excludes halogenated alkanes) is 7. The number of hydrogen-bond acceptors (Lipinski definition) is 2. The van der Waals surface area contributed by atoms with Crippen LogP contribution >= 0.6 is 0 Å². The van der Waals surface area contributed by atoms with Crippen LogP contribution in [0.25, 0.3) is 0 Å². The zero-order valence-electron chi connectivity index (χ0n) is 16.5. The first kappa shape index (κ1) is 22.1. The molecule has 0 saturated heterocycles. The van der Waals surface area contributed by atoms with Gasteiger partial charge in [0.2, 0.25) is 0 Å². The molecule has 134 valence electrons. The first-order valence-electron chi connectivity index (χ1n) is 9.52. The van der Waals surface area contributed by atoms with Gasteiger partial charge in [-0.15, -0.1) is 0 Å². The summed E-state index contributed by atoms with van der Waals surface area (Å²) < 4.78 is 12.1. The molecule has 0 radical (unpaired) electrons. The van der Waals surface area contributed by atoms with Crippen molar-refractivity contribution in [3.8, 4) is 0 Å². The molecule has 0 aromatic carbocycles. The van der Waals surface area contributed by atoms with Crippen molar-refractivity contribution in [2.45, 2.75) is 103 Å². The Kier molecular flexibility index (Phi) is 11.7. The maximum atomic E-state index is 6.05. The van der Waals surface area contributed by atoms with Crippen LogP contribution in [0.1, 0.15) is 92.4 Å². The van der Waals surface area contributed by atoms with Crippen molar-refractivity contribution >= 4 is 8.56 Å². The molecule has 1 unspecified atom stereocenters. The molecular weight excluding hydrogens is 288 g/mol. The van der Waals surface area contributed by atoms with E-state index < -0.39 is 8.56 Å². The minimum atomic E-state index is -2.14. The molecule has 0 spiro atoms. The second-order valence-electron chi connectivity index (χ2n) is 7.42. The van der Waals surface area contributed by atoms with Crippen molar-refractivity contribution < 1.29 is 8.85 Å². The molecule has 0 amide bonds. The van der Waals surface area contributed by atoms with E-state index in [2.05, 4.69) is 34.6 Å². The minimum Gasteiger partial charge on any atom is -0.397 e. The summed E-state index contributed by atoms with van der Waals surface area (Å²) in [5, 5.41) is 0.159. The topological polar surface area (TPSA) is 18.5 Å². The van der Waals surface area contributed by atoms with Gasteiger partial charge in [-0.1, -0.05) is 92.4 Å². The van der Waals surface area contributed by atoms with E-state index in [0.717, 1.165) is 6.04 Å². The van der Waals surface area contributed by atoms with Crippen LogP contribution in [0.4, 0.5) is 0 Å². The summed E-state index contributed by atoms with van der Waals surface area (Å²) in [6, 6.07) is 1.13. The molecule has 0 aliphatic rings. The highest BCUT2D eigenvalue weighted by atomic mass is 28.4. The molecule has 3 heteroatoms. The predicted octanol–water partition coefficient (Wildman–Crippen LogP) is 6.69. The van der Waals surface area contributed by atoms with E-state index in [1.54, 1.807) is 0 Å². The van der Waals surface area contributed by atoms with Gasteiger partial charge in [0.15, 0.2) is 0 Å². The Morgan fingerprint density at radius 1 is 0.818 bits per heavy atom. The van der Waals surface area contributed by atoms with Crippen molar-refractivity contribution in [1.29, 1.82) is 0 Å². The average molecular weight is 331 g/mol. The molecule has 0 fully saturated rings. The first-order chi connectivity index (χ1) is 10.4. The fourth-order valence-electron chi connectivity index (χ4n) is 3.51. The van der Waals surface area contributed by atoms with Crippen LogP contribution in [0.15, 0.2) is 0 Å².